The standard InChI is InChI=1S/C21H27N3O6/c1-21(2,3)30-20(25)22-16-12-14(26-4)8-9-15(16)24-23-13-10-17(27-5)19(29-7)18(11-13)28-6/h8-12H,1-7H3,(H,22,25). The molecule has 162 valence electrons. The highest BCUT2D eigenvalue weighted by molar-refractivity contribution is 5.89. The van der Waals surface area contributed by atoms with E-state index in [1.165, 1.54) is 28.4 Å². The van der Waals surface area contributed by atoms with Crippen molar-refractivity contribution < 1.29 is 28.5 Å². The van der Waals surface area contributed by atoms with Crippen LogP contribution in [0, 0.1) is 0 Å². The summed E-state index contributed by atoms with van der Waals surface area (Å²) in [4.78, 5) is 12.2. The van der Waals surface area contributed by atoms with Gasteiger partial charge in [-0.25, -0.2) is 4.79 Å². The van der Waals surface area contributed by atoms with Crippen molar-refractivity contribution in [1.29, 1.82) is 0 Å². The number of amides is 1. The van der Waals surface area contributed by atoms with E-state index in [1.54, 1.807) is 51.1 Å². The summed E-state index contributed by atoms with van der Waals surface area (Å²) in [6, 6.07) is 8.34. The number of anilines is 1. The quantitative estimate of drug-likeness (QED) is 0.599. The van der Waals surface area contributed by atoms with Gasteiger partial charge in [-0.15, -0.1) is 5.11 Å². The maximum atomic E-state index is 12.2. The number of nitrogens with one attached hydrogen (secondary N) is 1. The van der Waals surface area contributed by atoms with Gasteiger partial charge in [-0.05, 0) is 32.9 Å². The summed E-state index contributed by atoms with van der Waals surface area (Å²) in [6.07, 6.45) is -0.611. The molecule has 2 rings (SSSR count). The van der Waals surface area contributed by atoms with Crippen molar-refractivity contribution in [2.75, 3.05) is 33.8 Å². The second kappa shape index (κ2) is 9.82. The third-order valence-electron chi connectivity index (χ3n) is 3.76. The molecule has 0 saturated heterocycles. The highest BCUT2D eigenvalue weighted by Crippen LogP contribution is 2.41. The van der Waals surface area contributed by atoms with Crippen molar-refractivity contribution in [3.63, 3.8) is 0 Å². The van der Waals surface area contributed by atoms with Crippen LogP contribution in [0.2, 0.25) is 0 Å². The predicted octanol–water partition coefficient (Wildman–Crippen LogP) is 5.48. The lowest BCUT2D eigenvalue weighted by Gasteiger charge is -2.20. The van der Waals surface area contributed by atoms with Crippen LogP contribution in [0.25, 0.3) is 0 Å². The fourth-order valence-corrected chi connectivity index (χ4v) is 2.48. The highest BCUT2D eigenvalue weighted by atomic mass is 16.6. The molecule has 1 amide bonds. The molecule has 0 aliphatic heterocycles. The summed E-state index contributed by atoms with van der Waals surface area (Å²) < 4.78 is 26.5. The van der Waals surface area contributed by atoms with E-state index in [0.29, 0.717) is 40.1 Å². The molecule has 0 radical (unpaired) electrons. The summed E-state index contributed by atoms with van der Waals surface area (Å²) in [7, 11) is 6.09. The molecule has 0 bridgehead atoms. The Kier molecular flexibility index (Phi) is 7.46. The monoisotopic (exact) mass is 417 g/mol. The van der Waals surface area contributed by atoms with Crippen LogP contribution in [-0.4, -0.2) is 40.1 Å². The summed E-state index contributed by atoms with van der Waals surface area (Å²) >= 11 is 0. The van der Waals surface area contributed by atoms with Crippen molar-refractivity contribution in [3.05, 3.63) is 30.3 Å². The lowest BCUT2D eigenvalue weighted by atomic mass is 10.2. The molecule has 0 aliphatic rings. The van der Waals surface area contributed by atoms with E-state index in [4.69, 9.17) is 23.7 Å². The molecule has 0 aromatic heterocycles. The molecule has 30 heavy (non-hydrogen) atoms. The smallest absolute Gasteiger partial charge is 0.412 e. The van der Waals surface area contributed by atoms with E-state index in [1.807, 2.05) is 0 Å². The molecule has 0 aliphatic carbocycles. The first-order chi connectivity index (χ1) is 14.2. The van der Waals surface area contributed by atoms with Gasteiger partial charge in [0.15, 0.2) is 11.5 Å². The van der Waals surface area contributed by atoms with Gasteiger partial charge in [0, 0.05) is 18.2 Å². The van der Waals surface area contributed by atoms with Crippen LogP contribution in [0.3, 0.4) is 0 Å². The van der Waals surface area contributed by atoms with Gasteiger partial charge in [0.05, 0.1) is 39.8 Å². The zero-order chi connectivity index (χ0) is 22.3. The summed E-state index contributed by atoms with van der Waals surface area (Å²) in [5.41, 5.74) is 0.639. The molecule has 9 nitrogen and oxygen atoms in total. The molecule has 0 unspecified atom stereocenters. The number of hydrogen-bond donors (Lipinski definition) is 1. The zero-order valence-corrected chi connectivity index (χ0v) is 18.2. The lowest BCUT2D eigenvalue weighted by Crippen LogP contribution is -2.27. The first-order valence-corrected chi connectivity index (χ1v) is 9.10. The van der Waals surface area contributed by atoms with Crippen molar-refractivity contribution >= 4 is 23.2 Å². The van der Waals surface area contributed by atoms with Crippen LogP contribution in [0.5, 0.6) is 23.0 Å². The second-order valence-corrected chi connectivity index (χ2v) is 7.09. The van der Waals surface area contributed by atoms with Crippen molar-refractivity contribution in [3.8, 4) is 23.0 Å². The van der Waals surface area contributed by atoms with Crippen LogP contribution < -0.4 is 24.3 Å². The van der Waals surface area contributed by atoms with Crippen LogP contribution in [-0.2, 0) is 4.74 Å². The normalized spacial score (nSPS) is 11.2. The van der Waals surface area contributed by atoms with Crippen LogP contribution in [0.15, 0.2) is 40.6 Å². The maximum absolute atomic E-state index is 12.2. The van der Waals surface area contributed by atoms with Crippen LogP contribution in [0.1, 0.15) is 20.8 Å². The Morgan fingerprint density at radius 2 is 1.50 bits per heavy atom. The van der Waals surface area contributed by atoms with Crippen molar-refractivity contribution in [2.24, 2.45) is 10.2 Å². The number of ether oxygens (including phenoxy) is 5. The van der Waals surface area contributed by atoms with E-state index in [2.05, 4.69) is 15.5 Å². The Hall–Kier alpha value is -3.49. The van der Waals surface area contributed by atoms with Gasteiger partial charge in [0.1, 0.15) is 17.0 Å². The number of carbonyl (C=O) groups is 1. The molecule has 2 aromatic carbocycles. The Labute approximate surface area is 175 Å². The van der Waals surface area contributed by atoms with Gasteiger partial charge in [-0.3, -0.25) is 5.32 Å². The SMILES string of the molecule is COc1ccc(N=Nc2cc(OC)c(OC)c(OC)c2)c(NC(=O)OC(C)(C)C)c1. The third kappa shape index (κ3) is 6.00. The number of hydrogen-bond acceptors (Lipinski definition) is 8. The van der Waals surface area contributed by atoms with E-state index in [-0.39, 0.29) is 0 Å². The first-order valence-electron chi connectivity index (χ1n) is 9.10. The fourth-order valence-electron chi connectivity index (χ4n) is 2.48. The van der Waals surface area contributed by atoms with Crippen LogP contribution in [0.4, 0.5) is 21.9 Å². The minimum Gasteiger partial charge on any atom is -0.497 e. The van der Waals surface area contributed by atoms with Gasteiger partial charge < -0.3 is 23.7 Å². The Balaban J connectivity index is 2.38. The minimum atomic E-state index is -0.638. The summed E-state index contributed by atoms with van der Waals surface area (Å²) in [6.45, 7) is 5.34. The second-order valence-electron chi connectivity index (χ2n) is 7.09. The van der Waals surface area contributed by atoms with E-state index < -0.39 is 11.7 Å². The largest absolute Gasteiger partial charge is 0.497 e. The molecule has 0 heterocycles. The molecule has 1 N–H and O–H groups in total. The average molecular weight is 417 g/mol. The number of carbonyl (C=O) groups excluding carboxylic acids is 1. The van der Waals surface area contributed by atoms with Gasteiger partial charge >= 0.3 is 6.09 Å². The Morgan fingerprint density at radius 3 is 2.00 bits per heavy atom. The van der Waals surface area contributed by atoms with Gasteiger partial charge in [0.25, 0.3) is 0 Å². The van der Waals surface area contributed by atoms with E-state index in [9.17, 15) is 4.79 Å². The van der Waals surface area contributed by atoms with Gasteiger partial charge in [0.2, 0.25) is 5.75 Å². The lowest BCUT2D eigenvalue weighted by molar-refractivity contribution is 0.0636. The maximum Gasteiger partial charge on any atom is 0.412 e. The third-order valence-corrected chi connectivity index (χ3v) is 3.76. The topological polar surface area (TPSA) is 100.0 Å². The summed E-state index contributed by atoms with van der Waals surface area (Å²) in [5, 5.41) is 11.2. The van der Waals surface area contributed by atoms with Gasteiger partial charge in [-0.2, -0.15) is 5.11 Å². The van der Waals surface area contributed by atoms with Gasteiger partial charge in [-0.1, -0.05) is 0 Å². The zero-order valence-electron chi connectivity index (χ0n) is 18.2. The molecule has 0 atom stereocenters. The molecule has 0 fully saturated rings. The minimum absolute atomic E-state index is 0.389. The Bertz CT molecular complexity index is 896. The Morgan fingerprint density at radius 1 is 0.867 bits per heavy atom. The van der Waals surface area contributed by atoms with E-state index >= 15 is 0 Å². The molecule has 0 spiro atoms. The molecule has 2 aromatic rings. The molecular weight excluding hydrogens is 390 g/mol. The van der Waals surface area contributed by atoms with Crippen molar-refractivity contribution in [2.45, 2.75) is 26.4 Å². The molecule has 0 saturated carbocycles. The number of azo groups is 1. The predicted molar refractivity (Wildman–Crippen MR) is 113 cm³/mol. The van der Waals surface area contributed by atoms with Crippen molar-refractivity contribution in [1.82, 2.24) is 0 Å². The first kappa shape index (κ1) is 22.8. The van der Waals surface area contributed by atoms with E-state index in [0.717, 1.165) is 0 Å². The molecular formula is C21H27N3O6. The molecule has 9 heteroatoms. The fraction of sp³-hybridized carbons (Fsp3) is 0.381. The summed E-state index contributed by atoms with van der Waals surface area (Å²) in [5.74, 6) is 1.91. The number of nitrogens with zero attached hydrogens (tertiary/aromatic N) is 2. The number of methoxy groups -OCH3 is 4. The highest BCUT2D eigenvalue weighted by Gasteiger charge is 2.18. The average Bonchev–Trinajstić information content (AvgIpc) is 2.70. The number of benzene rings is 2. The van der Waals surface area contributed by atoms with Crippen LogP contribution >= 0.6 is 0 Å². The number of rotatable bonds is 7.